The molecule has 11 heteroatoms. The summed E-state index contributed by atoms with van der Waals surface area (Å²) in [6, 6.07) is 3.20. The van der Waals surface area contributed by atoms with Crippen LogP contribution in [-0.2, 0) is 19.1 Å². The van der Waals surface area contributed by atoms with Gasteiger partial charge in [0.05, 0.1) is 24.5 Å². The molecule has 0 radical (unpaired) electrons. The van der Waals surface area contributed by atoms with Crippen molar-refractivity contribution in [1.29, 1.82) is 0 Å². The molecular weight excluding hydrogens is 402 g/mol. The number of hydrogen-bond acceptors (Lipinski definition) is 8. The minimum atomic E-state index is -1.75. The highest BCUT2D eigenvalue weighted by molar-refractivity contribution is 6.29. The second-order valence-corrected chi connectivity index (χ2v) is 8.04. The summed E-state index contributed by atoms with van der Waals surface area (Å²) in [6.07, 6.45) is -0.471. The standard InChI is InChI=1S/C18H22ClN5O5/c1-10-9-23(13-5-6-24(22-13)11-7-12(19)21-20-8-11)16(26)15(28-10)14(25)17(27)29-18(2,3)4/h5-8,10,14-15,25H,9H2,1-4H3/t10-,14-,15-/m1/s1. The van der Waals surface area contributed by atoms with Crippen molar-refractivity contribution in [2.45, 2.75) is 51.6 Å². The second kappa shape index (κ2) is 8.05. The Morgan fingerprint density at radius 3 is 2.83 bits per heavy atom. The first-order chi connectivity index (χ1) is 13.5. The van der Waals surface area contributed by atoms with Gasteiger partial charge in [-0.25, -0.2) is 9.48 Å². The van der Waals surface area contributed by atoms with Crippen molar-refractivity contribution in [1.82, 2.24) is 20.0 Å². The van der Waals surface area contributed by atoms with Gasteiger partial charge >= 0.3 is 5.97 Å². The molecule has 0 bridgehead atoms. The molecule has 1 N–H and O–H groups in total. The van der Waals surface area contributed by atoms with Crippen LogP contribution in [0.5, 0.6) is 0 Å². The van der Waals surface area contributed by atoms with Gasteiger partial charge in [0.2, 0.25) is 0 Å². The van der Waals surface area contributed by atoms with Gasteiger partial charge in [0, 0.05) is 18.3 Å². The Bertz CT molecular complexity index is 912. The van der Waals surface area contributed by atoms with Gasteiger partial charge in [-0.15, -0.1) is 10.2 Å². The zero-order valence-corrected chi connectivity index (χ0v) is 17.2. The number of aromatic nitrogens is 4. The van der Waals surface area contributed by atoms with E-state index in [1.165, 1.54) is 15.8 Å². The predicted octanol–water partition coefficient (Wildman–Crippen LogP) is 1.14. The van der Waals surface area contributed by atoms with Crippen LogP contribution in [0, 0.1) is 0 Å². The third-order valence-corrected chi connectivity index (χ3v) is 4.17. The molecule has 1 aliphatic rings. The van der Waals surface area contributed by atoms with Crippen molar-refractivity contribution in [3.8, 4) is 5.69 Å². The summed E-state index contributed by atoms with van der Waals surface area (Å²) in [5.41, 5.74) is -0.241. The van der Waals surface area contributed by atoms with E-state index in [9.17, 15) is 14.7 Å². The van der Waals surface area contributed by atoms with E-state index >= 15 is 0 Å². The van der Waals surface area contributed by atoms with Crippen LogP contribution in [0.3, 0.4) is 0 Å². The number of esters is 1. The van der Waals surface area contributed by atoms with Crippen molar-refractivity contribution in [3.63, 3.8) is 0 Å². The van der Waals surface area contributed by atoms with Gasteiger partial charge in [0.1, 0.15) is 5.60 Å². The van der Waals surface area contributed by atoms with Crippen molar-refractivity contribution < 1.29 is 24.2 Å². The first-order valence-corrected chi connectivity index (χ1v) is 9.35. The third-order valence-electron chi connectivity index (χ3n) is 3.99. The lowest BCUT2D eigenvalue weighted by atomic mass is 10.1. The second-order valence-electron chi connectivity index (χ2n) is 7.65. The van der Waals surface area contributed by atoms with Crippen molar-refractivity contribution >= 4 is 29.3 Å². The molecule has 1 fully saturated rings. The number of anilines is 1. The Labute approximate surface area is 172 Å². The maximum atomic E-state index is 12.9. The van der Waals surface area contributed by atoms with Crippen molar-refractivity contribution in [2.24, 2.45) is 0 Å². The number of hydrogen-bond donors (Lipinski definition) is 1. The molecule has 156 valence electrons. The molecule has 3 rings (SSSR count). The first-order valence-electron chi connectivity index (χ1n) is 8.97. The predicted molar refractivity (Wildman–Crippen MR) is 103 cm³/mol. The number of halogens is 1. The number of carbonyl (C=O) groups excluding carboxylic acids is 2. The quantitative estimate of drug-likeness (QED) is 0.727. The van der Waals surface area contributed by atoms with E-state index in [0.29, 0.717) is 11.5 Å². The minimum absolute atomic E-state index is 0.205. The fraction of sp³-hybridized carbons (Fsp3) is 0.500. The van der Waals surface area contributed by atoms with Crippen LogP contribution in [0.25, 0.3) is 5.69 Å². The average Bonchev–Trinajstić information content (AvgIpc) is 3.11. The molecular formula is C18H22ClN5O5. The Hall–Kier alpha value is -2.56. The Morgan fingerprint density at radius 1 is 1.45 bits per heavy atom. The summed E-state index contributed by atoms with van der Waals surface area (Å²) in [5.74, 6) is -1.18. The maximum absolute atomic E-state index is 12.9. The van der Waals surface area contributed by atoms with E-state index in [2.05, 4.69) is 15.3 Å². The molecule has 10 nitrogen and oxygen atoms in total. The average molecular weight is 424 g/mol. The van der Waals surface area contributed by atoms with Crippen LogP contribution in [0.4, 0.5) is 5.82 Å². The van der Waals surface area contributed by atoms with Crippen LogP contribution in [0.2, 0.25) is 5.15 Å². The molecule has 29 heavy (non-hydrogen) atoms. The van der Waals surface area contributed by atoms with E-state index < -0.39 is 35.8 Å². The van der Waals surface area contributed by atoms with Crippen LogP contribution in [0.1, 0.15) is 27.7 Å². The summed E-state index contributed by atoms with van der Waals surface area (Å²) in [6.45, 7) is 6.95. The highest BCUT2D eigenvalue weighted by Crippen LogP contribution is 2.24. The summed E-state index contributed by atoms with van der Waals surface area (Å²) in [7, 11) is 0. The lowest BCUT2D eigenvalue weighted by molar-refractivity contribution is -0.181. The number of carbonyl (C=O) groups is 2. The molecule has 0 spiro atoms. The summed E-state index contributed by atoms with van der Waals surface area (Å²) in [4.78, 5) is 26.5. The number of aliphatic hydroxyl groups is 1. The molecule has 2 aromatic heterocycles. The maximum Gasteiger partial charge on any atom is 0.338 e. The summed E-state index contributed by atoms with van der Waals surface area (Å²) < 4.78 is 12.2. The first kappa shape index (κ1) is 21.2. The molecule has 3 heterocycles. The molecule has 2 aromatic rings. The summed E-state index contributed by atoms with van der Waals surface area (Å²) in [5, 5.41) is 22.4. The summed E-state index contributed by atoms with van der Waals surface area (Å²) >= 11 is 5.85. The molecule has 1 saturated heterocycles. The minimum Gasteiger partial charge on any atom is -0.458 e. The number of ether oxygens (including phenoxy) is 2. The molecule has 0 unspecified atom stereocenters. The van der Waals surface area contributed by atoms with Gasteiger partial charge < -0.3 is 14.6 Å². The van der Waals surface area contributed by atoms with Gasteiger partial charge in [-0.05, 0) is 27.7 Å². The highest BCUT2D eigenvalue weighted by atomic mass is 35.5. The van der Waals surface area contributed by atoms with Crippen LogP contribution >= 0.6 is 11.6 Å². The number of aliphatic hydroxyl groups excluding tert-OH is 1. The van der Waals surface area contributed by atoms with Crippen molar-refractivity contribution in [3.05, 3.63) is 29.7 Å². The molecule has 0 aromatic carbocycles. The van der Waals surface area contributed by atoms with E-state index in [1.807, 2.05) is 0 Å². The molecule has 3 atom stereocenters. The topological polar surface area (TPSA) is 120 Å². The zero-order valence-electron chi connectivity index (χ0n) is 16.4. The Kier molecular flexibility index (Phi) is 5.87. The van der Waals surface area contributed by atoms with Gasteiger partial charge in [-0.3, -0.25) is 9.69 Å². The lowest BCUT2D eigenvalue weighted by Crippen LogP contribution is -2.57. The van der Waals surface area contributed by atoms with Crippen molar-refractivity contribution in [2.75, 3.05) is 11.4 Å². The van der Waals surface area contributed by atoms with Gasteiger partial charge in [-0.2, -0.15) is 5.10 Å². The largest absolute Gasteiger partial charge is 0.458 e. The van der Waals surface area contributed by atoms with Gasteiger partial charge in [0.15, 0.2) is 23.2 Å². The Balaban J connectivity index is 1.81. The Morgan fingerprint density at radius 2 is 2.17 bits per heavy atom. The third kappa shape index (κ3) is 4.89. The van der Waals surface area contributed by atoms with Gasteiger partial charge in [0.25, 0.3) is 5.91 Å². The molecule has 0 aliphatic carbocycles. The molecule has 1 amide bonds. The monoisotopic (exact) mass is 423 g/mol. The smallest absolute Gasteiger partial charge is 0.338 e. The van der Waals surface area contributed by atoms with E-state index in [4.69, 9.17) is 21.1 Å². The van der Waals surface area contributed by atoms with Crippen LogP contribution in [0.15, 0.2) is 24.5 Å². The fourth-order valence-electron chi connectivity index (χ4n) is 2.81. The zero-order chi connectivity index (χ0) is 21.3. The number of amides is 1. The van der Waals surface area contributed by atoms with E-state index in [-0.39, 0.29) is 11.7 Å². The normalized spacial score (nSPS) is 21.2. The lowest BCUT2D eigenvalue weighted by Gasteiger charge is -2.36. The number of nitrogens with zero attached hydrogens (tertiary/aromatic N) is 5. The molecule has 1 aliphatic heterocycles. The number of morpholine rings is 1. The van der Waals surface area contributed by atoms with Crippen LogP contribution < -0.4 is 4.90 Å². The number of rotatable bonds is 4. The van der Waals surface area contributed by atoms with E-state index in [0.717, 1.165) is 0 Å². The van der Waals surface area contributed by atoms with Crippen LogP contribution in [-0.4, -0.2) is 67.4 Å². The van der Waals surface area contributed by atoms with E-state index in [1.54, 1.807) is 46.0 Å². The van der Waals surface area contributed by atoms with Gasteiger partial charge in [-0.1, -0.05) is 11.6 Å². The highest BCUT2D eigenvalue weighted by Gasteiger charge is 2.43. The SMILES string of the molecule is C[C@@H]1CN(c2ccn(-c3cnnc(Cl)c3)n2)C(=O)[C@@H]([C@@H](O)C(=O)OC(C)(C)C)O1. The molecule has 0 saturated carbocycles. The fourth-order valence-corrected chi connectivity index (χ4v) is 2.97.